The highest BCUT2D eigenvalue weighted by Gasteiger charge is 2.43. The maximum atomic E-state index is 12.6. The van der Waals surface area contributed by atoms with Crippen molar-refractivity contribution in [3.05, 3.63) is 117 Å². The van der Waals surface area contributed by atoms with Crippen LogP contribution in [0.25, 0.3) is 0 Å². The van der Waals surface area contributed by atoms with Crippen LogP contribution in [0.1, 0.15) is 17.2 Å². The number of ether oxygens (including phenoxy) is 1. The minimum atomic E-state index is -0.914. The third-order valence-corrected chi connectivity index (χ3v) is 5.25. The molecule has 1 heterocycles. The van der Waals surface area contributed by atoms with Gasteiger partial charge in [0.25, 0.3) is 0 Å². The molecular formula is C22H21N3O3. The summed E-state index contributed by atoms with van der Waals surface area (Å²) in [6.07, 6.45) is 5.72. The highest BCUT2D eigenvalue weighted by molar-refractivity contribution is 5.51. The molecule has 0 saturated carbocycles. The summed E-state index contributed by atoms with van der Waals surface area (Å²) in [5, 5.41) is 2.65. The van der Waals surface area contributed by atoms with Crippen LogP contribution in [-0.2, 0) is 17.4 Å². The van der Waals surface area contributed by atoms with Crippen molar-refractivity contribution in [2.45, 2.75) is 11.6 Å². The van der Waals surface area contributed by atoms with E-state index in [1.807, 2.05) is 78.9 Å². The van der Waals surface area contributed by atoms with Crippen LogP contribution >= 0.6 is 0 Å². The number of benzene rings is 2. The lowest BCUT2D eigenvalue weighted by Crippen LogP contribution is -2.38. The molecule has 1 aromatic heterocycles. The van der Waals surface area contributed by atoms with Gasteiger partial charge in [-0.1, -0.05) is 78.9 Å². The first-order chi connectivity index (χ1) is 13.6. The van der Waals surface area contributed by atoms with Crippen molar-refractivity contribution in [1.29, 1.82) is 0 Å². The van der Waals surface area contributed by atoms with Crippen LogP contribution in [-0.4, -0.2) is 21.5 Å². The molecule has 0 spiro atoms. The number of H-pyrrole nitrogens is 1. The fourth-order valence-corrected chi connectivity index (χ4v) is 3.88. The molecule has 1 N–H and O–H groups in total. The topological polar surface area (TPSA) is 69.0 Å². The van der Waals surface area contributed by atoms with Crippen molar-refractivity contribution in [3.63, 3.8) is 0 Å². The molecule has 1 aliphatic carbocycles. The number of nitrogens with one attached hydrogen (secondary N) is 1. The Morgan fingerprint density at radius 3 is 2.00 bits per heavy atom. The Hall–Kier alpha value is -3.38. The Balaban J connectivity index is 1.96. The van der Waals surface area contributed by atoms with E-state index >= 15 is 0 Å². The number of rotatable bonds is 5. The highest BCUT2D eigenvalue weighted by atomic mass is 16.5. The molecule has 0 fully saturated rings. The monoisotopic (exact) mass is 375 g/mol. The van der Waals surface area contributed by atoms with Crippen molar-refractivity contribution >= 4 is 0 Å². The molecule has 6 heteroatoms. The van der Waals surface area contributed by atoms with Gasteiger partial charge >= 0.3 is 11.4 Å². The van der Waals surface area contributed by atoms with Crippen molar-refractivity contribution < 1.29 is 4.74 Å². The largest absolute Gasteiger partial charge is 0.364 e. The molecule has 28 heavy (non-hydrogen) atoms. The smallest absolute Gasteiger partial charge is 0.347 e. The molecule has 0 bridgehead atoms. The lowest BCUT2D eigenvalue weighted by atomic mass is 9.77. The summed E-state index contributed by atoms with van der Waals surface area (Å²) in [6, 6.07) is 19.3. The highest BCUT2D eigenvalue weighted by Crippen LogP contribution is 2.46. The summed E-state index contributed by atoms with van der Waals surface area (Å²) < 4.78 is 8.60. The molecular weight excluding hydrogens is 354 g/mol. The molecule has 0 saturated heterocycles. The number of aromatic nitrogens is 3. The number of methoxy groups -OCH3 is 1. The average Bonchev–Trinajstić information content (AvgIpc) is 3.32. The van der Waals surface area contributed by atoms with Gasteiger partial charge in [-0.25, -0.2) is 23.9 Å². The molecule has 1 unspecified atom stereocenters. The second-order valence-electron chi connectivity index (χ2n) is 6.70. The maximum absolute atomic E-state index is 12.6. The third kappa shape index (κ3) is 2.61. The van der Waals surface area contributed by atoms with E-state index in [2.05, 4.69) is 5.10 Å². The van der Waals surface area contributed by atoms with E-state index in [1.54, 1.807) is 7.11 Å². The Morgan fingerprint density at radius 1 is 0.964 bits per heavy atom. The molecule has 6 nitrogen and oxygen atoms in total. The summed E-state index contributed by atoms with van der Waals surface area (Å²) in [5.41, 5.74) is 0.954. The van der Waals surface area contributed by atoms with Crippen LogP contribution in [0.2, 0.25) is 0 Å². The molecule has 2 aromatic carbocycles. The van der Waals surface area contributed by atoms with Crippen LogP contribution in [0.15, 0.2) is 94.1 Å². The van der Waals surface area contributed by atoms with E-state index in [1.165, 1.54) is 11.7 Å². The normalized spacial score (nSPS) is 16.4. The summed E-state index contributed by atoms with van der Waals surface area (Å²) in [6.45, 7) is 0. The minimum Gasteiger partial charge on any atom is -0.364 e. The summed E-state index contributed by atoms with van der Waals surface area (Å²) in [4.78, 5) is 24.6. The first kappa shape index (κ1) is 18.0. The zero-order valence-electron chi connectivity index (χ0n) is 15.7. The quantitative estimate of drug-likeness (QED) is 0.745. The van der Waals surface area contributed by atoms with Gasteiger partial charge in [0, 0.05) is 14.2 Å². The first-order valence-electron chi connectivity index (χ1n) is 9.02. The van der Waals surface area contributed by atoms with Crippen molar-refractivity contribution in [3.8, 4) is 0 Å². The molecule has 4 rings (SSSR count). The number of aromatic amines is 1. The van der Waals surface area contributed by atoms with E-state index < -0.39 is 23.0 Å². The first-order valence-corrected chi connectivity index (χ1v) is 9.02. The van der Waals surface area contributed by atoms with Gasteiger partial charge in [-0.15, -0.1) is 0 Å². The summed E-state index contributed by atoms with van der Waals surface area (Å²) in [5.74, 6) is 0. The van der Waals surface area contributed by atoms with E-state index in [9.17, 15) is 9.59 Å². The number of allylic oxidation sites excluding steroid dienone is 3. The Bertz CT molecular complexity index is 1110. The molecule has 1 aliphatic rings. The van der Waals surface area contributed by atoms with Crippen LogP contribution in [0.5, 0.6) is 0 Å². The zero-order chi connectivity index (χ0) is 19.7. The van der Waals surface area contributed by atoms with Crippen LogP contribution in [0, 0.1) is 0 Å². The molecule has 0 amide bonds. The minimum absolute atomic E-state index is 0.404. The van der Waals surface area contributed by atoms with Gasteiger partial charge < -0.3 is 4.74 Å². The van der Waals surface area contributed by atoms with Crippen molar-refractivity contribution in [1.82, 2.24) is 14.3 Å². The lowest BCUT2D eigenvalue weighted by molar-refractivity contribution is 0.0484. The van der Waals surface area contributed by atoms with E-state index in [0.717, 1.165) is 21.3 Å². The second-order valence-corrected chi connectivity index (χ2v) is 6.70. The SMILES string of the molecule is COC(C1=CC=CC1n1[nH]c(=O)n(C)c1=O)(c1ccccc1)c1ccccc1. The van der Waals surface area contributed by atoms with Crippen LogP contribution < -0.4 is 11.4 Å². The predicted octanol–water partition coefficient (Wildman–Crippen LogP) is 2.50. The van der Waals surface area contributed by atoms with Crippen molar-refractivity contribution in [2.75, 3.05) is 7.11 Å². The van der Waals surface area contributed by atoms with Gasteiger partial charge in [-0.2, -0.15) is 0 Å². The predicted molar refractivity (Wildman–Crippen MR) is 107 cm³/mol. The number of hydrogen-bond donors (Lipinski definition) is 1. The van der Waals surface area contributed by atoms with Gasteiger partial charge in [0.05, 0.1) is 6.04 Å². The molecule has 0 aliphatic heterocycles. The number of nitrogens with zero attached hydrogens (tertiary/aromatic N) is 2. The lowest BCUT2D eigenvalue weighted by Gasteiger charge is -2.37. The van der Waals surface area contributed by atoms with Gasteiger partial charge in [-0.3, -0.25) is 0 Å². The summed E-state index contributed by atoms with van der Waals surface area (Å²) >= 11 is 0. The van der Waals surface area contributed by atoms with Crippen LogP contribution in [0.3, 0.4) is 0 Å². The fourth-order valence-electron chi connectivity index (χ4n) is 3.88. The third-order valence-electron chi connectivity index (χ3n) is 5.25. The van der Waals surface area contributed by atoms with Gasteiger partial charge in [0.1, 0.15) is 5.60 Å². The van der Waals surface area contributed by atoms with Gasteiger partial charge in [0.2, 0.25) is 0 Å². The molecule has 3 aromatic rings. The van der Waals surface area contributed by atoms with E-state index in [0.29, 0.717) is 0 Å². The molecule has 142 valence electrons. The Morgan fingerprint density at radius 2 is 1.54 bits per heavy atom. The standard InChI is InChI=1S/C22H21N3O3/c1-24-20(26)23-25(21(24)27)19-15-9-14-18(19)22(28-2,16-10-5-3-6-11-16)17-12-7-4-8-13-17/h3-15,19H,1-2H3,(H,23,26). The zero-order valence-corrected chi connectivity index (χ0v) is 15.7. The number of hydrogen-bond acceptors (Lipinski definition) is 3. The van der Waals surface area contributed by atoms with Crippen LogP contribution in [0.4, 0.5) is 0 Å². The second kappa shape index (κ2) is 6.98. The van der Waals surface area contributed by atoms with E-state index in [-0.39, 0.29) is 0 Å². The molecule has 0 radical (unpaired) electrons. The van der Waals surface area contributed by atoms with Crippen molar-refractivity contribution in [2.24, 2.45) is 7.05 Å². The van der Waals surface area contributed by atoms with Gasteiger partial charge in [0.15, 0.2) is 0 Å². The average molecular weight is 375 g/mol. The fraction of sp³-hybridized carbons (Fsp3) is 0.182. The van der Waals surface area contributed by atoms with E-state index in [4.69, 9.17) is 4.74 Å². The Kier molecular flexibility index (Phi) is 4.49. The summed E-state index contributed by atoms with van der Waals surface area (Å²) in [7, 11) is 3.12. The van der Waals surface area contributed by atoms with Gasteiger partial charge in [-0.05, 0) is 16.7 Å². The maximum Gasteiger partial charge on any atom is 0.347 e. The Labute approximate surface area is 162 Å². The molecule has 1 atom stereocenters.